The number of fused-ring (bicyclic) bond motifs is 1. The third-order valence-electron chi connectivity index (χ3n) is 4.91. The summed E-state index contributed by atoms with van der Waals surface area (Å²) in [5.74, 6) is 1.05. The molecule has 1 N–H and O–H groups in total. The second-order valence-corrected chi connectivity index (χ2v) is 6.88. The Morgan fingerprint density at radius 3 is 2.31 bits per heavy atom. The van der Waals surface area contributed by atoms with Crippen molar-refractivity contribution in [3.8, 4) is 17.2 Å². The smallest absolute Gasteiger partial charge is 0.411 e. The van der Waals surface area contributed by atoms with E-state index in [2.05, 4.69) is 5.32 Å². The van der Waals surface area contributed by atoms with E-state index in [-0.39, 0.29) is 5.78 Å². The lowest BCUT2D eigenvalue weighted by atomic mass is 10.1. The average Bonchev–Trinajstić information content (AvgIpc) is 3.11. The number of methoxy groups -OCH3 is 3. The number of benzene rings is 2. The van der Waals surface area contributed by atoms with E-state index < -0.39 is 6.09 Å². The standard InChI is InChI=1S/C24H26N2O6/c1-6-32-24(28)25-17-8-9-18-15(14-26(2)19(18)13-17)7-10-20(27)16-11-21(29-3)23(31-5)22(12-16)30-4/h7-14H,6H2,1-5H3,(H,25,28). The molecule has 0 fully saturated rings. The van der Waals surface area contributed by atoms with Crippen LogP contribution in [0.3, 0.4) is 0 Å². The van der Waals surface area contributed by atoms with Crippen LogP contribution in [0.15, 0.2) is 42.6 Å². The number of hydrogen-bond acceptors (Lipinski definition) is 6. The van der Waals surface area contributed by atoms with E-state index in [0.29, 0.717) is 35.1 Å². The summed E-state index contributed by atoms with van der Waals surface area (Å²) >= 11 is 0. The Morgan fingerprint density at radius 1 is 1.03 bits per heavy atom. The van der Waals surface area contributed by atoms with Crippen molar-refractivity contribution >= 4 is 34.5 Å². The molecular weight excluding hydrogens is 412 g/mol. The molecule has 2 aromatic carbocycles. The number of aromatic nitrogens is 1. The lowest BCUT2D eigenvalue weighted by molar-refractivity contribution is 0.104. The Bertz CT molecular complexity index is 1150. The molecule has 1 heterocycles. The molecule has 0 radical (unpaired) electrons. The zero-order valence-corrected chi connectivity index (χ0v) is 18.7. The van der Waals surface area contributed by atoms with Gasteiger partial charge in [0.15, 0.2) is 17.3 Å². The van der Waals surface area contributed by atoms with Gasteiger partial charge in [-0.25, -0.2) is 4.79 Å². The van der Waals surface area contributed by atoms with Crippen LogP contribution in [0.5, 0.6) is 17.2 Å². The predicted molar refractivity (Wildman–Crippen MR) is 123 cm³/mol. The second kappa shape index (κ2) is 9.91. The average molecular weight is 438 g/mol. The zero-order chi connectivity index (χ0) is 23.3. The fourth-order valence-electron chi connectivity index (χ4n) is 3.40. The molecule has 3 aromatic rings. The first-order valence-corrected chi connectivity index (χ1v) is 9.97. The van der Waals surface area contributed by atoms with E-state index in [4.69, 9.17) is 18.9 Å². The normalized spacial score (nSPS) is 10.9. The van der Waals surface area contributed by atoms with Gasteiger partial charge in [-0.05, 0) is 43.3 Å². The van der Waals surface area contributed by atoms with Crippen molar-refractivity contribution in [2.45, 2.75) is 6.92 Å². The van der Waals surface area contributed by atoms with E-state index in [1.807, 2.05) is 29.9 Å². The maximum Gasteiger partial charge on any atom is 0.411 e. The molecule has 0 saturated heterocycles. The van der Waals surface area contributed by atoms with Gasteiger partial charge in [-0.1, -0.05) is 6.07 Å². The quantitative estimate of drug-likeness (QED) is 0.406. The molecular formula is C24H26N2O6. The predicted octanol–water partition coefficient (Wildman–Crippen LogP) is 4.67. The highest BCUT2D eigenvalue weighted by molar-refractivity contribution is 6.08. The van der Waals surface area contributed by atoms with Crippen molar-refractivity contribution < 1.29 is 28.5 Å². The zero-order valence-electron chi connectivity index (χ0n) is 18.7. The summed E-state index contributed by atoms with van der Waals surface area (Å²) in [6, 6.07) is 8.76. The number of amides is 1. The maximum atomic E-state index is 12.8. The molecule has 0 aliphatic rings. The molecule has 8 nitrogen and oxygen atoms in total. The fraction of sp³-hybridized carbons (Fsp3) is 0.250. The van der Waals surface area contributed by atoms with Crippen molar-refractivity contribution in [1.29, 1.82) is 0 Å². The van der Waals surface area contributed by atoms with E-state index in [0.717, 1.165) is 16.5 Å². The van der Waals surface area contributed by atoms with Gasteiger partial charge in [-0.15, -0.1) is 0 Å². The molecule has 8 heteroatoms. The molecule has 1 aromatic heterocycles. The number of nitrogens with zero attached hydrogens (tertiary/aromatic N) is 1. The molecule has 0 aliphatic heterocycles. The first-order chi connectivity index (χ1) is 15.4. The number of anilines is 1. The highest BCUT2D eigenvalue weighted by Crippen LogP contribution is 2.38. The van der Waals surface area contributed by atoms with E-state index in [1.54, 1.807) is 31.2 Å². The summed E-state index contributed by atoms with van der Waals surface area (Å²) < 4.78 is 22.8. The summed E-state index contributed by atoms with van der Waals surface area (Å²) in [5.41, 5.74) is 2.81. The third kappa shape index (κ3) is 4.69. The number of allylic oxidation sites excluding steroid dienone is 1. The number of ketones is 1. The molecule has 0 saturated carbocycles. The maximum absolute atomic E-state index is 12.8. The number of nitrogens with one attached hydrogen (secondary N) is 1. The molecule has 0 spiro atoms. The van der Waals surface area contributed by atoms with Crippen LogP contribution in [0.1, 0.15) is 22.8 Å². The van der Waals surface area contributed by atoms with Gasteiger partial charge >= 0.3 is 6.09 Å². The second-order valence-electron chi connectivity index (χ2n) is 6.88. The molecule has 0 unspecified atom stereocenters. The summed E-state index contributed by atoms with van der Waals surface area (Å²) in [4.78, 5) is 24.5. The Kier molecular flexibility index (Phi) is 7.04. The highest BCUT2D eigenvalue weighted by Gasteiger charge is 2.16. The Balaban J connectivity index is 1.88. The minimum absolute atomic E-state index is 0.207. The number of rotatable bonds is 8. The molecule has 0 aliphatic carbocycles. The topological polar surface area (TPSA) is 88.0 Å². The number of carbonyl (C=O) groups is 2. The summed E-state index contributed by atoms with van der Waals surface area (Å²) in [6.45, 7) is 2.05. The van der Waals surface area contributed by atoms with Crippen molar-refractivity contribution in [2.75, 3.05) is 33.3 Å². The molecule has 32 heavy (non-hydrogen) atoms. The molecule has 1 amide bonds. The van der Waals surface area contributed by atoms with Gasteiger partial charge in [-0.3, -0.25) is 10.1 Å². The monoisotopic (exact) mass is 438 g/mol. The van der Waals surface area contributed by atoms with Crippen molar-refractivity contribution in [1.82, 2.24) is 4.57 Å². The van der Waals surface area contributed by atoms with Gasteiger partial charge in [0.05, 0.1) is 33.5 Å². The van der Waals surface area contributed by atoms with Crippen LogP contribution in [-0.2, 0) is 11.8 Å². The first-order valence-electron chi connectivity index (χ1n) is 9.97. The summed E-state index contributed by atoms with van der Waals surface area (Å²) in [7, 11) is 6.41. The first kappa shape index (κ1) is 22.7. The van der Waals surface area contributed by atoms with Crippen LogP contribution in [0.4, 0.5) is 10.5 Å². The van der Waals surface area contributed by atoms with Gasteiger partial charge in [0.25, 0.3) is 0 Å². The van der Waals surface area contributed by atoms with Gasteiger partial charge in [-0.2, -0.15) is 0 Å². The molecule has 168 valence electrons. The van der Waals surface area contributed by atoms with Crippen molar-refractivity contribution in [2.24, 2.45) is 7.05 Å². The van der Waals surface area contributed by atoms with Crippen molar-refractivity contribution in [3.63, 3.8) is 0 Å². The minimum Gasteiger partial charge on any atom is -0.493 e. The van der Waals surface area contributed by atoms with Crippen LogP contribution in [-0.4, -0.2) is 44.4 Å². The van der Waals surface area contributed by atoms with Crippen LogP contribution in [0.25, 0.3) is 17.0 Å². The van der Waals surface area contributed by atoms with Gasteiger partial charge < -0.3 is 23.5 Å². The Hall–Kier alpha value is -3.94. The molecule has 3 rings (SSSR count). The Labute approximate surface area is 186 Å². The number of aryl methyl sites for hydroxylation is 1. The van der Waals surface area contributed by atoms with E-state index >= 15 is 0 Å². The number of carbonyl (C=O) groups excluding carboxylic acids is 2. The number of ether oxygens (including phenoxy) is 4. The van der Waals surface area contributed by atoms with Gasteiger partial charge in [0.2, 0.25) is 5.75 Å². The van der Waals surface area contributed by atoms with Crippen LogP contribution in [0.2, 0.25) is 0 Å². The Morgan fingerprint density at radius 2 is 1.72 bits per heavy atom. The summed E-state index contributed by atoms with van der Waals surface area (Å²) in [5, 5.41) is 3.63. The fourth-order valence-corrected chi connectivity index (χ4v) is 3.40. The van der Waals surface area contributed by atoms with Crippen LogP contribution in [0, 0.1) is 0 Å². The largest absolute Gasteiger partial charge is 0.493 e. The van der Waals surface area contributed by atoms with E-state index in [1.165, 1.54) is 27.4 Å². The van der Waals surface area contributed by atoms with Crippen molar-refractivity contribution in [3.05, 3.63) is 53.7 Å². The lowest BCUT2D eigenvalue weighted by Crippen LogP contribution is -2.13. The highest BCUT2D eigenvalue weighted by atomic mass is 16.5. The van der Waals surface area contributed by atoms with Gasteiger partial charge in [0.1, 0.15) is 0 Å². The van der Waals surface area contributed by atoms with Gasteiger partial charge in [0, 0.05) is 35.4 Å². The minimum atomic E-state index is -0.503. The number of hydrogen-bond donors (Lipinski definition) is 1. The SMILES string of the molecule is CCOC(=O)Nc1ccc2c(C=CC(=O)c3cc(OC)c(OC)c(OC)c3)cn(C)c2c1. The van der Waals surface area contributed by atoms with Crippen LogP contribution < -0.4 is 19.5 Å². The molecule has 0 atom stereocenters. The third-order valence-corrected chi connectivity index (χ3v) is 4.91. The van der Waals surface area contributed by atoms with Crippen LogP contribution >= 0.6 is 0 Å². The lowest BCUT2D eigenvalue weighted by Gasteiger charge is -2.13. The molecule has 0 bridgehead atoms. The summed E-state index contributed by atoms with van der Waals surface area (Å²) in [6.07, 6.45) is 4.67. The van der Waals surface area contributed by atoms with E-state index in [9.17, 15) is 9.59 Å².